The van der Waals surface area contributed by atoms with Gasteiger partial charge in [-0.25, -0.2) is 17.7 Å². The van der Waals surface area contributed by atoms with Crippen molar-refractivity contribution in [3.8, 4) is 11.5 Å². The van der Waals surface area contributed by atoms with E-state index >= 15 is 0 Å². The zero-order chi connectivity index (χ0) is 20.4. The molecule has 0 aromatic heterocycles. The largest absolute Gasteiger partial charge is 0.497 e. The van der Waals surface area contributed by atoms with E-state index in [1.165, 1.54) is 0 Å². The number of hydrogen-bond acceptors (Lipinski definition) is 6. The molecular weight excluding hydrogens is 400 g/mol. The topological polar surface area (TPSA) is 92.3 Å². The monoisotopic (exact) mass is 430 g/mol. The van der Waals surface area contributed by atoms with E-state index in [-0.39, 0.29) is 5.75 Å². The lowest BCUT2D eigenvalue weighted by atomic mass is 10.2. The summed E-state index contributed by atoms with van der Waals surface area (Å²) in [5, 5.41) is 6.25. The minimum atomic E-state index is -3.24. The first-order valence-corrected chi connectivity index (χ1v) is 12.0. The third kappa shape index (κ3) is 6.75. The van der Waals surface area contributed by atoms with Crippen LogP contribution in [0, 0.1) is 0 Å². The zero-order valence-corrected chi connectivity index (χ0v) is 18.4. The van der Waals surface area contributed by atoms with Crippen LogP contribution in [0.5, 0.6) is 11.5 Å². The summed E-state index contributed by atoms with van der Waals surface area (Å²) < 4.78 is 37.1. The molecular formula is C18H30N4O4S2. The maximum Gasteiger partial charge on any atom is 0.215 e. The van der Waals surface area contributed by atoms with E-state index in [2.05, 4.69) is 15.6 Å². The molecule has 10 heteroatoms. The Bertz CT molecular complexity index is 750. The van der Waals surface area contributed by atoms with Crippen molar-refractivity contribution >= 4 is 27.7 Å². The van der Waals surface area contributed by atoms with Gasteiger partial charge >= 0.3 is 0 Å². The lowest BCUT2D eigenvalue weighted by molar-refractivity contribution is 0.391. The Morgan fingerprint density at radius 1 is 1.21 bits per heavy atom. The Hall–Kier alpha value is -1.65. The van der Waals surface area contributed by atoms with Gasteiger partial charge in [-0.1, -0.05) is 0 Å². The van der Waals surface area contributed by atoms with Crippen LogP contribution < -0.4 is 20.1 Å². The summed E-state index contributed by atoms with van der Waals surface area (Å²) in [5.74, 6) is 3.76. The van der Waals surface area contributed by atoms with Gasteiger partial charge < -0.3 is 20.1 Å². The van der Waals surface area contributed by atoms with Gasteiger partial charge in [0.05, 0.1) is 26.5 Å². The molecule has 1 aromatic rings. The number of rotatable bonds is 9. The predicted molar refractivity (Wildman–Crippen MR) is 115 cm³/mol. The Balaban J connectivity index is 1.95. The molecule has 1 aliphatic heterocycles. The van der Waals surface area contributed by atoms with Crippen molar-refractivity contribution in [3.05, 3.63) is 23.8 Å². The molecule has 1 aliphatic rings. The second kappa shape index (κ2) is 11.4. The molecule has 158 valence electrons. The molecule has 0 spiro atoms. The third-order valence-electron chi connectivity index (χ3n) is 4.26. The molecule has 0 amide bonds. The summed E-state index contributed by atoms with van der Waals surface area (Å²) in [4.78, 5) is 4.54. The molecule has 0 bridgehead atoms. The first-order chi connectivity index (χ1) is 13.5. The number of nitrogens with one attached hydrogen (secondary N) is 2. The van der Waals surface area contributed by atoms with Crippen LogP contribution in [-0.4, -0.2) is 76.3 Å². The van der Waals surface area contributed by atoms with Crippen LogP contribution >= 0.6 is 11.8 Å². The average Bonchev–Trinajstić information content (AvgIpc) is 2.72. The lowest BCUT2D eigenvalue weighted by Crippen LogP contribution is -2.44. The maximum absolute atomic E-state index is 12.4. The van der Waals surface area contributed by atoms with Crippen molar-refractivity contribution in [3.63, 3.8) is 0 Å². The summed E-state index contributed by atoms with van der Waals surface area (Å²) >= 11 is 1.79. The van der Waals surface area contributed by atoms with E-state index < -0.39 is 10.0 Å². The number of guanidine groups is 1. The molecule has 0 radical (unpaired) electrons. The van der Waals surface area contributed by atoms with Crippen LogP contribution in [0.25, 0.3) is 0 Å². The van der Waals surface area contributed by atoms with Gasteiger partial charge in [0.15, 0.2) is 5.96 Å². The summed E-state index contributed by atoms with van der Waals surface area (Å²) in [7, 11) is -0.0243. The van der Waals surface area contributed by atoms with Gasteiger partial charge in [0, 0.05) is 49.3 Å². The molecule has 0 atom stereocenters. The SMILES string of the molecule is CCNC(=NCc1ccc(OC)cc1OC)NCCS(=O)(=O)N1CCSCC1. The number of methoxy groups -OCH3 is 2. The highest BCUT2D eigenvalue weighted by atomic mass is 32.2. The molecule has 1 aromatic carbocycles. The van der Waals surface area contributed by atoms with Crippen LogP contribution in [-0.2, 0) is 16.6 Å². The second-order valence-corrected chi connectivity index (χ2v) is 9.44. The molecule has 2 rings (SSSR count). The zero-order valence-electron chi connectivity index (χ0n) is 16.7. The van der Waals surface area contributed by atoms with Crippen LogP contribution in [0.3, 0.4) is 0 Å². The first-order valence-electron chi connectivity index (χ1n) is 9.28. The van der Waals surface area contributed by atoms with Gasteiger partial charge in [-0.15, -0.1) is 0 Å². The van der Waals surface area contributed by atoms with Gasteiger partial charge in [0.1, 0.15) is 11.5 Å². The van der Waals surface area contributed by atoms with E-state index in [4.69, 9.17) is 9.47 Å². The van der Waals surface area contributed by atoms with Gasteiger partial charge in [-0.2, -0.15) is 11.8 Å². The highest BCUT2D eigenvalue weighted by Crippen LogP contribution is 2.25. The van der Waals surface area contributed by atoms with Gasteiger partial charge in [-0.05, 0) is 19.1 Å². The highest BCUT2D eigenvalue weighted by molar-refractivity contribution is 7.99. The number of hydrogen-bond donors (Lipinski definition) is 2. The fraction of sp³-hybridized carbons (Fsp3) is 0.611. The number of sulfonamides is 1. The molecule has 0 unspecified atom stereocenters. The number of nitrogens with zero attached hydrogens (tertiary/aromatic N) is 2. The van der Waals surface area contributed by atoms with Crippen molar-refractivity contribution < 1.29 is 17.9 Å². The fourth-order valence-electron chi connectivity index (χ4n) is 2.74. The van der Waals surface area contributed by atoms with Crippen LogP contribution in [0.15, 0.2) is 23.2 Å². The maximum atomic E-state index is 12.4. The molecule has 1 saturated heterocycles. The van der Waals surface area contributed by atoms with Crippen molar-refractivity contribution in [2.24, 2.45) is 4.99 Å². The van der Waals surface area contributed by atoms with Gasteiger partial charge in [-0.3, -0.25) is 0 Å². The fourth-order valence-corrected chi connectivity index (χ4v) is 5.23. The van der Waals surface area contributed by atoms with Gasteiger partial charge in [0.2, 0.25) is 10.0 Å². The molecule has 1 heterocycles. The molecule has 0 saturated carbocycles. The Labute approximate surface area is 172 Å². The van der Waals surface area contributed by atoms with Crippen molar-refractivity contribution in [2.75, 3.05) is 57.7 Å². The summed E-state index contributed by atoms with van der Waals surface area (Å²) in [6, 6.07) is 5.58. The summed E-state index contributed by atoms with van der Waals surface area (Å²) in [5.41, 5.74) is 0.916. The predicted octanol–water partition coefficient (Wildman–Crippen LogP) is 1.14. The van der Waals surface area contributed by atoms with Crippen LogP contribution in [0.1, 0.15) is 12.5 Å². The van der Waals surface area contributed by atoms with Crippen molar-refractivity contribution in [1.29, 1.82) is 0 Å². The van der Waals surface area contributed by atoms with E-state index in [0.717, 1.165) is 22.8 Å². The van der Waals surface area contributed by atoms with Crippen LogP contribution in [0.4, 0.5) is 0 Å². The normalized spacial score (nSPS) is 15.9. The Morgan fingerprint density at radius 2 is 1.96 bits per heavy atom. The number of benzene rings is 1. The number of ether oxygens (including phenoxy) is 2. The molecule has 28 heavy (non-hydrogen) atoms. The van der Waals surface area contributed by atoms with E-state index in [0.29, 0.717) is 44.4 Å². The highest BCUT2D eigenvalue weighted by Gasteiger charge is 2.23. The first kappa shape index (κ1) is 22.6. The minimum Gasteiger partial charge on any atom is -0.497 e. The third-order valence-corrected chi connectivity index (χ3v) is 7.08. The molecule has 2 N–H and O–H groups in total. The van der Waals surface area contributed by atoms with E-state index in [1.54, 1.807) is 30.3 Å². The van der Waals surface area contributed by atoms with E-state index in [9.17, 15) is 8.42 Å². The number of thioether (sulfide) groups is 1. The molecule has 0 aliphatic carbocycles. The summed E-state index contributed by atoms with van der Waals surface area (Å²) in [6.07, 6.45) is 0. The second-order valence-electron chi connectivity index (χ2n) is 6.13. The summed E-state index contributed by atoms with van der Waals surface area (Å²) in [6.45, 7) is 4.54. The lowest BCUT2D eigenvalue weighted by Gasteiger charge is -2.25. The Morgan fingerprint density at radius 3 is 2.61 bits per heavy atom. The van der Waals surface area contributed by atoms with Crippen molar-refractivity contribution in [1.82, 2.24) is 14.9 Å². The van der Waals surface area contributed by atoms with Crippen molar-refractivity contribution in [2.45, 2.75) is 13.5 Å². The van der Waals surface area contributed by atoms with E-state index in [1.807, 2.05) is 25.1 Å². The van der Waals surface area contributed by atoms with Gasteiger partial charge in [0.25, 0.3) is 0 Å². The standard InChI is InChI=1S/C18H30N4O4S2/c1-4-19-18(20-7-12-28(23,24)22-8-10-27-11-9-22)21-14-15-5-6-16(25-2)13-17(15)26-3/h5-6,13H,4,7-12,14H2,1-3H3,(H2,19,20,21). The number of aliphatic imine (C=N–C) groups is 1. The smallest absolute Gasteiger partial charge is 0.215 e. The quantitative estimate of drug-likeness (QED) is 0.448. The Kier molecular flexibility index (Phi) is 9.20. The average molecular weight is 431 g/mol. The molecule has 8 nitrogen and oxygen atoms in total. The van der Waals surface area contributed by atoms with Crippen LogP contribution in [0.2, 0.25) is 0 Å². The molecule has 1 fully saturated rings. The minimum absolute atomic E-state index is 0.0495.